The molecule has 0 aliphatic carbocycles. The van der Waals surface area contributed by atoms with Gasteiger partial charge < -0.3 is 4.74 Å². The van der Waals surface area contributed by atoms with E-state index in [2.05, 4.69) is 33.1 Å². The lowest BCUT2D eigenvalue weighted by Crippen LogP contribution is -2.41. The topological polar surface area (TPSA) is 47.3 Å². The summed E-state index contributed by atoms with van der Waals surface area (Å²) in [5, 5.41) is 1.09. The van der Waals surface area contributed by atoms with Crippen molar-refractivity contribution < 1.29 is 4.74 Å². The first-order chi connectivity index (χ1) is 9.16. The Hall–Kier alpha value is -0.320. The molecule has 1 saturated heterocycles. The van der Waals surface area contributed by atoms with Gasteiger partial charge in [-0.2, -0.15) is 0 Å². The van der Waals surface area contributed by atoms with E-state index in [0.29, 0.717) is 10.0 Å². The zero-order chi connectivity index (χ0) is 15.1. The van der Waals surface area contributed by atoms with Crippen LogP contribution in [-0.2, 0) is 4.74 Å². The van der Waals surface area contributed by atoms with Gasteiger partial charge in [-0.3, -0.25) is 11.3 Å². The highest BCUT2D eigenvalue weighted by molar-refractivity contribution is 6.42. The Morgan fingerprint density at radius 1 is 1.25 bits per heavy atom. The third-order valence-corrected chi connectivity index (χ3v) is 4.77. The summed E-state index contributed by atoms with van der Waals surface area (Å²) in [4.78, 5) is 0. The van der Waals surface area contributed by atoms with Crippen molar-refractivity contribution in [1.29, 1.82) is 0 Å². The zero-order valence-corrected chi connectivity index (χ0v) is 13.8. The average Bonchev–Trinajstić information content (AvgIpc) is 2.53. The molecule has 2 unspecified atom stereocenters. The van der Waals surface area contributed by atoms with E-state index in [1.807, 2.05) is 12.1 Å². The summed E-state index contributed by atoms with van der Waals surface area (Å²) in [7, 11) is 0. The maximum atomic E-state index is 6.15. The lowest BCUT2D eigenvalue weighted by atomic mass is 9.79. The molecule has 112 valence electrons. The van der Waals surface area contributed by atoms with Gasteiger partial charge in [0.25, 0.3) is 0 Å². The SMILES string of the molecule is CC1(C)CC(C(NN)c2ccc(Cl)c(Cl)c2)C(C)(C)O1. The van der Waals surface area contributed by atoms with Gasteiger partial charge in [0.2, 0.25) is 0 Å². The fraction of sp³-hybridized carbons (Fsp3) is 0.600. The molecule has 1 fully saturated rings. The first kappa shape index (κ1) is 16.1. The van der Waals surface area contributed by atoms with Crippen molar-refractivity contribution in [2.24, 2.45) is 11.8 Å². The van der Waals surface area contributed by atoms with Crippen LogP contribution in [0.25, 0.3) is 0 Å². The maximum Gasteiger partial charge on any atom is 0.0681 e. The molecule has 1 aliphatic heterocycles. The van der Waals surface area contributed by atoms with E-state index in [1.54, 1.807) is 6.07 Å². The minimum atomic E-state index is -0.257. The Labute approximate surface area is 130 Å². The van der Waals surface area contributed by atoms with Gasteiger partial charge >= 0.3 is 0 Å². The Kier molecular flexibility index (Phi) is 4.39. The fourth-order valence-electron chi connectivity index (χ4n) is 3.27. The van der Waals surface area contributed by atoms with Gasteiger partial charge in [-0.25, -0.2) is 0 Å². The molecule has 2 atom stereocenters. The van der Waals surface area contributed by atoms with Crippen LogP contribution in [-0.4, -0.2) is 11.2 Å². The molecule has 1 aromatic rings. The summed E-state index contributed by atoms with van der Waals surface area (Å²) in [6.07, 6.45) is 0.926. The number of benzene rings is 1. The summed E-state index contributed by atoms with van der Waals surface area (Å²) in [6.45, 7) is 8.43. The molecule has 1 heterocycles. The summed E-state index contributed by atoms with van der Waals surface area (Å²) >= 11 is 12.1. The Morgan fingerprint density at radius 2 is 1.90 bits per heavy atom. The summed E-state index contributed by atoms with van der Waals surface area (Å²) in [5.41, 5.74) is 3.54. The molecular formula is C15H22Cl2N2O. The molecule has 5 heteroatoms. The average molecular weight is 317 g/mol. The normalized spacial score (nSPS) is 25.6. The molecule has 20 heavy (non-hydrogen) atoms. The van der Waals surface area contributed by atoms with Gasteiger partial charge in [-0.15, -0.1) is 0 Å². The van der Waals surface area contributed by atoms with Crippen LogP contribution >= 0.6 is 23.2 Å². The lowest BCUT2D eigenvalue weighted by Gasteiger charge is -2.33. The number of nitrogens with one attached hydrogen (secondary N) is 1. The molecule has 0 aromatic heterocycles. The number of ether oxygens (including phenoxy) is 1. The molecule has 2 rings (SSSR count). The number of halogens is 2. The predicted octanol–water partition coefficient (Wildman–Crippen LogP) is 4.09. The van der Waals surface area contributed by atoms with Crippen molar-refractivity contribution in [3.63, 3.8) is 0 Å². The van der Waals surface area contributed by atoms with E-state index >= 15 is 0 Å². The third kappa shape index (κ3) is 3.12. The fourth-order valence-corrected chi connectivity index (χ4v) is 3.58. The molecule has 0 amide bonds. The number of hydrazine groups is 1. The van der Waals surface area contributed by atoms with Gasteiger partial charge in [-0.1, -0.05) is 29.3 Å². The van der Waals surface area contributed by atoms with Crippen LogP contribution in [0.3, 0.4) is 0 Å². The molecule has 0 radical (unpaired) electrons. The van der Waals surface area contributed by atoms with Gasteiger partial charge in [-0.05, 0) is 51.8 Å². The first-order valence-electron chi connectivity index (χ1n) is 6.77. The van der Waals surface area contributed by atoms with Crippen LogP contribution in [0.2, 0.25) is 10.0 Å². The molecule has 1 aliphatic rings. The van der Waals surface area contributed by atoms with Crippen LogP contribution in [0.4, 0.5) is 0 Å². The molecule has 0 spiro atoms. The lowest BCUT2D eigenvalue weighted by molar-refractivity contribution is -0.0779. The highest BCUT2D eigenvalue weighted by Gasteiger charge is 2.49. The molecular weight excluding hydrogens is 295 g/mol. The standard InChI is InChI=1S/C15H22Cl2N2O/c1-14(2)8-10(15(3,4)20-14)13(19-18)9-5-6-11(16)12(17)7-9/h5-7,10,13,19H,8,18H2,1-4H3. The quantitative estimate of drug-likeness (QED) is 0.652. The van der Waals surface area contributed by atoms with Crippen molar-refractivity contribution in [1.82, 2.24) is 5.43 Å². The van der Waals surface area contributed by atoms with E-state index in [9.17, 15) is 0 Å². The van der Waals surface area contributed by atoms with Crippen LogP contribution in [0.5, 0.6) is 0 Å². The second-order valence-electron chi connectivity index (χ2n) is 6.59. The number of hydrogen-bond donors (Lipinski definition) is 2. The van der Waals surface area contributed by atoms with Gasteiger partial charge in [0.15, 0.2) is 0 Å². The van der Waals surface area contributed by atoms with E-state index in [-0.39, 0.29) is 23.2 Å². The first-order valence-corrected chi connectivity index (χ1v) is 7.53. The van der Waals surface area contributed by atoms with Crippen LogP contribution in [0.15, 0.2) is 18.2 Å². The molecule has 0 bridgehead atoms. The highest BCUT2D eigenvalue weighted by Crippen LogP contribution is 2.47. The summed E-state index contributed by atoms with van der Waals surface area (Å²) < 4.78 is 6.15. The molecule has 0 saturated carbocycles. The van der Waals surface area contributed by atoms with E-state index in [4.69, 9.17) is 33.8 Å². The molecule has 3 nitrogen and oxygen atoms in total. The third-order valence-electron chi connectivity index (χ3n) is 4.03. The number of hydrogen-bond acceptors (Lipinski definition) is 3. The maximum absolute atomic E-state index is 6.15. The second kappa shape index (κ2) is 5.47. The van der Waals surface area contributed by atoms with E-state index in [1.165, 1.54) is 0 Å². The van der Waals surface area contributed by atoms with Crippen LogP contribution in [0.1, 0.15) is 45.7 Å². The molecule has 3 N–H and O–H groups in total. The smallest absolute Gasteiger partial charge is 0.0681 e. The second-order valence-corrected chi connectivity index (χ2v) is 7.41. The van der Waals surface area contributed by atoms with Crippen molar-refractivity contribution in [3.8, 4) is 0 Å². The number of nitrogens with two attached hydrogens (primary N) is 1. The van der Waals surface area contributed by atoms with Crippen molar-refractivity contribution >= 4 is 23.2 Å². The Bertz CT molecular complexity index is 503. The highest BCUT2D eigenvalue weighted by atomic mass is 35.5. The Balaban J connectivity index is 2.35. The minimum absolute atomic E-state index is 0.0264. The van der Waals surface area contributed by atoms with E-state index < -0.39 is 0 Å². The summed E-state index contributed by atoms with van der Waals surface area (Å²) in [6, 6.07) is 5.61. The van der Waals surface area contributed by atoms with Gasteiger partial charge in [0.05, 0.1) is 27.3 Å². The van der Waals surface area contributed by atoms with Crippen molar-refractivity contribution in [2.75, 3.05) is 0 Å². The Morgan fingerprint density at radius 3 is 2.35 bits per heavy atom. The largest absolute Gasteiger partial charge is 0.369 e. The van der Waals surface area contributed by atoms with Crippen LogP contribution in [0, 0.1) is 5.92 Å². The van der Waals surface area contributed by atoms with Gasteiger partial charge in [0.1, 0.15) is 0 Å². The van der Waals surface area contributed by atoms with Crippen LogP contribution < -0.4 is 11.3 Å². The summed E-state index contributed by atoms with van der Waals surface area (Å²) in [5.74, 6) is 6.05. The monoisotopic (exact) mass is 316 g/mol. The zero-order valence-electron chi connectivity index (χ0n) is 12.3. The van der Waals surface area contributed by atoms with Crippen molar-refractivity contribution in [3.05, 3.63) is 33.8 Å². The molecule has 1 aromatic carbocycles. The number of rotatable bonds is 3. The van der Waals surface area contributed by atoms with Crippen molar-refractivity contribution in [2.45, 2.75) is 51.4 Å². The van der Waals surface area contributed by atoms with E-state index in [0.717, 1.165) is 12.0 Å². The predicted molar refractivity (Wildman–Crippen MR) is 83.9 cm³/mol. The minimum Gasteiger partial charge on any atom is -0.369 e. The van der Waals surface area contributed by atoms with Gasteiger partial charge in [0, 0.05) is 5.92 Å².